The van der Waals surface area contributed by atoms with Crippen molar-refractivity contribution < 1.29 is 9.53 Å². The molecule has 3 heterocycles. The quantitative estimate of drug-likeness (QED) is 0.698. The molecule has 1 unspecified atom stereocenters. The van der Waals surface area contributed by atoms with Crippen LogP contribution in [-0.4, -0.2) is 45.5 Å². The first kappa shape index (κ1) is 17.5. The molecule has 3 aromatic rings. The van der Waals surface area contributed by atoms with Crippen molar-refractivity contribution in [2.24, 2.45) is 7.05 Å². The first-order valence-corrected chi connectivity index (χ1v) is 9.32. The Kier molecular flexibility index (Phi) is 4.79. The van der Waals surface area contributed by atoms with E-state index in [9.17, 15) is 4.79 Å². The predicted molar refractivity (Wildman–Crippen MR) is 104 cm³/mol. The van der Waals surface area contributed by atoms with E-state index in [-0.39, 0.29) is 11.8 Å². The number of carbonyl (C=O) groups excluding carboxylic acids is 1. The van der Waals surface area contributed by atoms with Gasteiger partial charge in [-0.1, -0.05) is 12.1 Å². The van der Waals surface area contributed by atoms with Crippen LogP contribution in [0.25, 0.3) is 11.0 Å². The van der Waals surface area contributed by atoms with Crippen LogP contribution in [-0.2, 0) is 18.3 Å². The van der Waals surface area contributed by atoms with Crippen LogP contribution in [0.15, 0.2) is 42.7 Å². The van der Waals surface area contributed by atoms with E-state index in [0.29, 0.717) is 6.42 Å². The SMILES string of the molecule is COc1ccc(CCC(=O)N2CCC(c3nc4ccncc4n3C)C2)cc1. The first-order chi connectivity index (χ1) is 13.2. The fourth-order valence-electron chi connectivity index (χ4n) is 3.82. The molecule has 140 valence electrons. The summed E-state index contributed by atoms with van der Waals surface area (Å²) in [6.45, 7) is 1.54. The van der Waals surface area contributed by atoms with Crippen molar-refractivity contribution in [3.8, 4) is 5.75 Å². The molecule has 27 heavy (non-hydrogen) atoms. The van der Waals surface area contributed by atoms with Gasteiger partial charge in [-0.3, -0.25) is 9.78 Å². The second-order valence-electron chi connectivity index (χ2n) is 7.07. The molecule has 0 spiro atoms. The van der Waals surface area contributed by atoms with E-state index in [1.54, 1.807) is 13.3 Å². The number of hydrogen-bond donors (Lipinski definition) is 0. The monoisotopic (exact) mass is 364 g/mol. The van der Waals surface area contributed by atoms with E-state index in [1.165, 1.54) is 0 Å². The number of pyridine rings is 1. The third-order valence-corrected chi connectivity index (χ3v) is 5.41. The van der Waals surface area contributed by atoms with Crippen LogP contribution in [0.4, 0.5) is 0 Å². The molecule has 1 aliphatic rings. The molecule has 1 atom stereocenters. The zero-order valence-electron chi connectivity index (χ0n) is 15.8. The second kappa shape index (κ2) is 7.39. The number of aryl methyl sites for hydroxylation is 2. The summed E-state index contributed by atoms with van der Waals surface area (Å²) < 4.78 is 7.28. The van der Waals surface area contributed by atoms with Crippen molar-refractivity contribution in [2.45, 2.75) is 25.2 Å². The molecular formula is C21H24N4O2. The summed E-state index contributed by atoms with van der Waals surface area (Å²) in [4.78, 5) is 23.6. The largest absolute Gasteiger partial charge is 0.497 e. The van der Waals surface area contributed by atoms with Crippen molar-refractivity contribution in [1.29, 1.82) is 0 Å². The van der Waals surface area contributed by atoms with E-state index in [2.05, 4.69) is 9.55 Å². The van der Waals surface area contributed by atoms with Gasteiger partial charge in [-0.05, 0) is 36.6 Å². The van der Waals surface area contributed by atoms with Crippen LogP contribution < -0.4 is 4.74 Å². The van der Waals surface area contributed by atoms with Gasteiger partial charge in [-0.2, -0.15) is 0 Å². The Morgan fingerprint density at radius 1 is 1.26 bits per heavy atom. The Morgan fingerprint density at radius 3 is 2.81 bits per heavy atom. The maximum absolute atomic E-state index is 12.6. The Morgan fingerprint density at radius 2 is 2.07 bits per heavy atom. The minimum absolute atomic E-state index is 0.216. The third kappa shape index (κ3) is 3.52. The molecular weight excluding hydrogens is 340 g/mol. The summed E-state index contributed by atoms with van der Waals surface area (Å²) in [5, 5.41) is 0. The van der Waals surface area contributed by atoms with Gasteiger partial charge >= 0.3 is 0 Å². The Hall–Kier alpha value is -2.89. The third-order valence-electron chi connectivity index (χ3n) is 5.41. The van der Waals surface area contributed by atoms with Gasteiger partial charge in [0.2, 0.25) is 5.91 Å². The molecule has 6 nitrogen and oxygen atoms in total. The first-order valence-electron chi connectivity index (χ1n) is 9.32. The molecule has 1 saturated heterocycles. The van der Waals surface area contributed by atoms with Crippen LogP contribution in [0.5, 0.6) is 5.75 Å². The number of hydrogen-bond acceptors (Lipinski definition) is 4. The van der Waals surface area contributed by atoms with Crippen LogP contribution in [0.2, 0.25) is 0 Å². The zero-order valence-corrected chi connectivity index (χ0v) is 15.8. The van der Waals surface area contributed by atoms with Gasteiger partial charge in [0, 0.05) is 38.7 Å². The van der Waals surface area contributed by atoms with Crippen LogP contribution in [0, 0.1) is 0 Å². The van der Waals surface area contributed by atoms with Gasteiger partial charge in [-0.25, -0.2) is 4.98 Å². The van der Waals surface area contributed by atoms with Crippen LogP contribution >= 0.6 is 0 Å². The lowest BCUT2D eigenvalue weighted by Gasteiger charge is -2.16. The molecule has 0 N–H and O–H groups in total. The van der Waals surface area contributed by atoms with Crippen molar-refractivity contribution in [2.75, 3.05) is 20.2 Å². The van der Waals surface area contributed by atoms with Crippen LogP contribution in [0.3, 0.4) is 0 Å². The minimum Gasteiger partial charge on any atom is -0.497 e. The number of nitrogens with zero attached hydrogens (tertiary/aromatic N) is 4. The number of imidazole rings is 1. The molecule has 1 aliphatic heterocycles. The van der Waals surface area contributed by atoms with Gasteiger partial charge < -0.3 is 14.2 Å². The highest BCUT2D eigenvalue weighted by Gasteiger charge is 2.30. The number of rotatable bonds is 5. The summed E-state index contributed by atoms with van der Waals surface area (Å²) in [7, 11) is 3.68. The van der Waals surface area contributed by atoms with E-state index in [1.807, 2.05) is 48.5 Å². The molecule has 0 aliphatic carbocycles. The topological polar surface area (TPSA) is 60.2 Å². The Balaban J connectivity index is 1.38. The normalized spacial score (nSPS) is 16.8. The maximum atomic E-state index is 12.6. The van der Waals surface area contributed by atoms with E-state index in [0.717, 1.165) is 54.1 Å². The summed E-state index contributed by atoms with van der Waals surface area (Å²) >= 11 is 0. The molecule has 4 rings (SSSR count). The number of fused-ring (bicyclic) bond motifs is 1. The molecule has 2 aromatic heterocycles. The van der Waals surface area contributed by atoms with Crippen molar-refractivity contribution in [3.05, 3.63) is 54.1 Å². The van der Waals surface area contributed by atoms with Crippen LogP contribution in [0.1, 0.15) is 30.1 Å². The number of aromatic nitrogens is 3. The number of likely N-dealkylation sites (tertiary alicyclic amines) is 1. The van der Waals surface area contributed by atoms with Gasteiger partial charge in [0.05, 0.1) is 24.3 Å². The second-order valence-corrected chi connectivity index (χ2v) is 7.07. The van der Waals surface area contributed by atoms with Crippen molar-refractivity contribution >= 4 is 16.9 Å². The lowest BCUT2D eigenvalue weighted by atomic mass is 10.1. The molecule has 0 radical (unpaired) electrons. The number of amides is 1. The Bertz CT molecular complexity index is 948. The average Bonchev–Trinajstić information content (AvgIpc) is 3.32. The summed E-state index contributed by atoms with van der Waals surface area (Å²) in [6, 6.07) is 9.85. The Labute approximate surface area is 158 Å². The summed E-state index contributed by atoms with van der Waals surface area (Å²) in [6.07, 6.45) is 5.85. The summed E-state index contributed by atoms with van der Waals surface area (Å²) in [5.74, 6) is 2.38. The van der Waals surface area contributed by atoms with Crippen molar-refractivity contribution in [3.63, 3.8) is 0 Å². The van der Waals surface area contributed by atoms with Gasteiger partial charge in [0.15, 0.2) is 0 Å². The molecule has 0 saturated carbocycles. The van der Waals surface area contributed by atoms with E-state index < -0.39 is 0 Å². The summed E-state index contributed by atoms with van der Waals surface area (Å²) in [5.41, 5.74) is 3.16. The molecule has 0 bridgehead atoms. The highest BCUT2D eigenvalue weighted by Crippen LogP contribution is 2.29. The smallest absolute Gasteiger partial charge is 0.222 e. The molecule has 1 amide bonds. The van der Waals surface area contributed by atoms with Crippen molar-refractivity contribution in [1.82, 2.24) is 19.4 Å². The fraction of sp³-hybridized carbons (Fsp3) is 0.381. The highest BCUT2D eigenvalue weighted by atomic mass is 16.5. The molecule has 1 aromatic carbocycles. The number of carbonyl (C=O) groups is 1. The van der Waals surface area contributed by atoms with Gasteiger partial charge in [0.25, 0.3) is 0 Å². The minimum atomic E-state index is 0.216. The number of methoxy groups -OCH3 is 1. The van der Waals surface area contributed by atoms with Gasteiger partial charge in [0.1, 0.15) is 11.6 Å². The number of ether oxygens (including phenoxy) is 1. The van der Waals surface area contributed by atoms with E-state index >= 15 is 0 Å². The van der Waals surface area contributed by atoms with Gasteiger partial charge in [-0.15, -0.1) is 0 Å². The highest BCUT2D eigenvalue weighted by molar-refractivity contribution is 5.77. The maximum Gasteiger partial charge on any atom is 0.222 e. The lowest BCUT2D eigenvalue weighted by molar-refractivity contribution is -0.130. The number of benzene rings is 1. The molecule has 1 fully saturated rings. The standard InChI is InChI=1S/C21H24N4O2/c1-24-19-13-22-11-9-18(19)23-21(24)16-10-12-25(14-16)20(26)8-5-15-3-6-17(27-2)7-4-15/h3-4,6-7,9,11,13,16H,5,8,10,12,14H2,1-2H3. The molecule has 6 heteroatoms. The predicted octanol–water partition coefficient (Wildman–Crippen LogP) is 2.93. The zero-order chi connectivity index (χ0) is 18.8. The average molecular weight is 364 g/mol. The lowest BCUT2D eigenvalue weighted by Crippen LogP contribution is -2.28. The van der Waals surface area contributed by atoms with E-state index in [4.69, 9.17) is 9.72 Å². The fourth-order valence-corrected chi connectivity index (χ4v) is 3.82.